The van der Waals surface area contributed by atoms with Gasteiger partial charge in [-0.05, 0) is 66.3 Å². The minimum absolute atomic E-state index is 0.915. The monoisotopic (exact) mass is 760 g/mol. The van der Waals surface area contributed by atoms with Gasteiger partial charge in [0.25, 0.3) is 0 Å². The maximum Gasteiger partial charge on any atom is 0.100 e. The third-order valence-corrected chi connectivity index (χ3v) is 12.4. The van der Waals surface area contributed by atoms with E-state index in [2.05, 4.69) is 87.5 Å². The van der Waals surface area contributed by atoms with Gasteiger partial charge in [0.15, 0.2) is 0 Å². The zero-order valence-electron chi connectivity index (χ0n) is 37.1. The summed E-state index contributed by atoms with van der Waals surface area (Å²) < 4.78 is 0. The van der Waals surface area contributed by atoms with Gasteiger partial charge in [-0.25, -0.2) is 0 Å². The van der Waals surface area contributed by atoms with E-state index in [1.54, 1.807) is 5.56 Å². The molecular weight excluding hydrogens is 675 g/mol. The second-order valence-electron chi connectivity index (χ2n) is 17.2. The summed E-state index contributed by atoms with van der Waals surface area (Å²) in [5, 5.41) is 11.2. The lowest BCUT2D eigenvalue weighted by molar-refractivity contribution is 0.551. The van der Waals surface area contributed by atoms with Gasteiger partial charge in [0, 0.05) is 11.1 Å². The summed E-state index contributed by atoms with van der Waals surface area (Å²) in [6.45, 7) is 6.92. The summed E-state index contributed by atoms with van der Waals surface area (Å²) in [4.78, 5) is 0. The first-order valence-electron chi connectivity index (χ1n) is 24.5. The SMILES string of the molecule is CCCCCCCCCCCCc1c(CCCCCCCCCCCC)c(-c2ccccc2)c(C#N)c(-c2ccccc2)c1CCCCCCCCCCCC. The largest absolute Gasteiger partial charge is 0.192 e. The second-order valence-corrected chi connectivity index (χ2v) is 17.2. The predicted octanol–water partition coefficient (Wildman–Crippen LogP) is 18.3. The van der Waals surface area contributed by atoms with Crippen LogP contribution in [0.1, 0.15) is 236 Å². The van der Waals surface area contributed by atoms with E-state index in [-0.39, 0.29) is 0 Å². The van der Waals surface area contributed by atoms with Gasteiger partial charge < -0.3 is 0 Å². The average Bonchev–Trinajstić information content (AvgIpc) is 3.23. The van der Waals surface area contributed by atoms with E-state index in [4.69, 9.17) is 0 Å². The molecule has 310 valence electrons. The van der Waals surface area contributed by atoms with Crippen molar-refractivity contribution < 1.29 is 0 Å². The van der Waals surface area contributed by atoms with Gasteiger partial charge in [-0.2, -0.15) is 5.26 Å². The molecule has 0 atom stereocenters. The quantitative estimate of drug-likeness (QED) is 0.0548. The lowest BCUT2D eigenvalue weighted by Gasteiger charge is -2.26. The molecule has 0 amide bonds. The lowest BCUT2D eigenvalue weighted by Crippen LogP contribution is -2.10. The first-order chi connectivity index (χ1) is 27.8. The molecule has 0 saturated carbocycles. The van der Waals surface area contributed by atoms with Crippen LogP contribution in [-0.2, 0) is 19.3 Å². The molecule has 0 fully saturated rings. The molecule has 1 heteroatoms. The van der Waals surface area contributed by atoms with Crippen LogP contribution in [0.3, 0.4) is 0 Å². The molecule has 3 aromatic rings. The minimum Gasteiger partial charge on any atom is -0.192 e. The highest BCUT2D eigenvalue weighted by atomic mass is 14.3. The lowest BCUT2D eigenvalue weighted by atomic mass is 9.77. The Bertz CT molecular complexity index is 1320. The van der Waals surface area contributed by atoms with Gasteiger partial charge in [0.05, 0.1) is 5.56 Å². The Morgan fingerprint density at radius 1 is 0.321 bits per heavy atom. The Morgan fingerprint density at radius 3 is 0.839 bits per heavy atom. The zero-order chi connectivity index (χ0) is 39.7. The summed E-state index contributed by atoms with van der Waals surface area (Å²) in [5.74, 6) is 0. The van der Waals surface area contributed by atoms with Crippen LogP contribution in [0.5, 0.6) is 0 Å². The smallest absolute Gasteiger partial charge is 0.100 e. The van der Waals surface area contributed by atoms with Crippen molar-refractivity contribution in [3.63, 3.8) is 0 Å². The summed E-state index contributed by atoms with van der Waals surface area (Å²) in [6, 6.07) is 24.8. The molecule has 3 aromatic carbocycles. The van der Waals surface area contributed by atoms with E-state index in [0.29, 0.717) is 0 Å². The van der Waals surface area contributed by atoms with Gasteiger partial charge in [0.2, 0.25) is 0 Å². The Kier molecular flexibility index (Phi) is 27.3. The van der Waals surface area contributed by atoms with Crippen LogP contribution in [0.25, 0.3) is 22.3 Å². The van der Waals surface area contributed by atoms with E-state index in [0.717, 1.165) is 24.8 Å². The third kappa shape index (κ3) is 18.6. The van der Waals surface area contributed by atoms with E-state index in [1.165, 1.54) is 226 Å². The molecule has 0 aliphatic carbocycles. The van der Waals surface area contributed by atoms with Crippen molar-refractivity contribution in [3.8, 4) is 28.3 Å². The molecule has 0 aliphatic heterocycles. The van der Waals surface area contributed by atoms with Crippen LogP contribution in [0, 0.1) is 11.3 Å². The number of nitrogens with zero attached hydrogens (tertiary/aromatic N) is 1. The number of unbranched alkanes of at least 4 members (excludes halogenated alkanes) is 27. The van der Waals surface area contributed by atoms with E-state index in [9.17, 15) is 5.26 Å². The Morgan fingerprint density at radius 2 is 0.571 bits per heavy atom. The highest BCUT2D eigenvalue weighted by Crippen LogP contribution is 2.43. The maximum absolute atomic E-state index is 11.2. The molecule has 0 aliphatic rings. The van der Waals surface area contributed by atoms with Crippen LogP contribution in [0.2, 0.25) is 0 Å². The van der Waals surface area contributed by atoms with Crippen molar-refractivity contribution in [3.05, 3.63) is 82.9 Å². The first-order valence-corrected chi connectivity index (χ1v) is 24.5. The molecule has 0 spiro atoms. The normalized spacial score (nSPS) is 11.3. The minimum atomic E-state index is 0.915. The Balaban J connectivity index is 1.90. The molecule has 0 saturated heterocycles. The van der Waals surface area contributed by atoms with Crippen LogP contribution in [0.15, 0.2) is 60.7 Å². The maximum atomic E-state index is 11.2. The van der Waals surface area contributed by atoms with Crippen molar-refractivity contribution in [2.24, 2.45) is 0 Å². The fourth-order valence-electron chi connectivity index (χ4n) is 9.09. The van der Waals surface area contributed by atoms with E-state index < -0.39 is 0 Å². The van der Waals surface area contributed by atoms with E-state index in [1.807, 2.05) is 0 Å². The zero-order valence-corrected chi connectivity index (χ0v) is 37.1. The molecule has 0 radical (unpaired) electrons. The molecule has 56 heavy (non-hydrogen) atoms. The molecule has 0 unspecified atom stereocenters. The first kappa shape index (κ1) is 47.5. The fourth-order valence-corrected chi connectivity index (χ4v) is 9.09. The van der Waals surface area contributed by atoms with Crippen molar-refractivity contribution in [2.45, 2.75) is 233 Å². The molecule has 0 aromatic heterocycles. The van der Waals surface area contributed by atoms with E-state index >= 15 is 0 Å². The summed E-state index contributed by atoms with van der Waals surface area (Å²) in [7, 11) is 0. The van der Waals surface area contributed by atoms with Crippen molar-refractivity contribution in [2.75, 3.05) is 0 Å². The second kappa shape index (κ2) is 32.1. The summed E-state index contributed by atoms with van der Waals surface area (Å²) in [5.41, 5.74) is 10.4. The predicted molar refractivity (Wildman–Crippen MR) is 249 cm³/mol. The topological polar surface area (TPSA) is 23.8 Å². The molecule has 0 bridgehead atoms. The van der Waals surface area contributed by atoms with Crippen LogP contribution in [0.4, 0.5) is 0 Å². The van der Waals surface area contributed by atoms with Gasteiger partial charge >= 0.3 is 0 Å². The van der Waals surface area contributed by atoms with Gasteiger partial charge in [-0.15, -0.1) is 0 Å². The van der Waals surface area contributed by atoms with Gasteiger partial charge in [-0.3, -0.25) is 0 Å². The molecule has 0 heterocycles. The molecule has 1 nitrogen and oxygen atoms in total. The van der Waals surface area contributed by atoms with Crippen molar-refractivity contribution >= 4 is 0 Å². The van der Waals surface area contributed by atoms with Crippen molar-refractivity contribution in [1.29, 1.82) is 5.26 Å². The van der Waals surface area contributed by atoms with Crippen molar-refractivity contribution in [1.82, 2.24) is 0 Å². The average molecular weight is 760 g/mol. The van der Waals surface area contributed by atoms with Crippen LogP contribution >= 0.6 is 0 Å². The number of hydrogen-bond acceptors (Lipinski definition) is 1. The Labute approximate surface area is 347 Å². The number of rotatable bonds is 35. The molecule has 3 rings (SSSR count). The molecular formula is C55H85N. The van der Waals surface area contributed by atoms with Crippen LogP contribution < -0.4 is 0 Å². The number of nitriles is 1. The highest BCUT2D eigenvalue weighted by Gasteiger charge is 2.25. The highest BCUT2D eigenvalue weighted by molar-refractivity contribution is 5.88. The van der Waals surface area contributed by atoms with Gasteiger partial charge in [-0.1, -0.05) is 255 Å². The van der Waals surface area contributed by atoms with Gasteiger partial charge in [0.1, 0.15) is 6.07 Å². The van der Waals surface area contributed by atoms with Crippen LogP contribution in [-0.4, -0.2) is 0 Å². The number of benzene rings is 3. The molecule has 0 N–H and O–H groups in total. The summed E-state index contributed by atoms with van der Waals surface area (Å²) in [6.07, 6.45) is 44.0. The standard InChI is InChI=1S/C55H85N/c1-4-7-10-13-16-19-22-25-28-37-44-50-51(45-38-29-26-23-20-17-14-11-8-5-2)54(48-40-33-31-34-41-48)53(47-56)55(49-42-35-32-36-43-49)52(50)46-39-30-27-24-21-18-15-12-9-6-3/h31-36,40-43H,4-30,37-39,44-46H2,1-3H3. The number of hydrogen-bond donors (Lipinski definition) is 0. The third-order valence-electron chi connectivity index (χ3n) is 12.4. The fraction of sp³-hybridized carbons (Fsp3) is 0.655. The Hall–Kier alpha value is -2.85. The summed E-state index contributed by atoms with van der Waals surface area (Å²) >= 11 is 0.